The van der Waals surface area contributed by atoms with E-state index in [2.05, 4.69) is 10.6 Å². The van der Waals surface area contributed by atoms with Crippen LogP contribution < -0.4 is 20.1 Å². The SMILES string of the molecule is CCN(CC(=O)Nc1ccc2c(c1)OCCO2)C(=O)CCCNC(=O)c1ccc(F)cc1F. The van der Waals surface area contributed by atoms with Gasteiger partial charge in [0.1, 0.15) is 24.8 Å². The third-order valence-electron chi connectivity index (χ3n) is 4.92. The number of amides is 3. The van der Waals surface area contributed by atoms with Crippen LogP contribution in [0.1, 0.15) is 30.1 Å². The van der Waals surface area contributed by atoms with Crippen molar-refractivity contribution < 1.29 is 32.6 Å². The van der Waals surface area contributed by atoms with Crippen LogP contribution in [0, 0.1) is 11.6 Å². The van der Waals surface area contributed by atoms with Crippen LogP contribution in [0.4, 0.5) is 14.5 Å². The highest BCUT2D eigenvalue weighted by atomic mass is 19.1. The predicted molar refractivity (Wildman–Crippen MR) is 116 cm³/mol. The number of halogens is 2. The lowest BCUT2D eigenvalue weighted by atomic mass is 10.2. The summed E-state index contributed by atoms with van der Waals surface area (Å²) in [6.45, 7) is 3.00. The molecule has 0 radical (unpaired) electrons. The van der Waals surface area contributed by atoms with Gasteiger partial charge >= 0.3 is 0 Å². The van der Waals surface area contributed by atoms with Crippen LogP contribution in [0.15, 0.2) is 36.4 Å². The molecular weight excluding hydrogens is 436 g/mol. The van der Waals surface area contributed by atoms with E-state index in [-0.39, 0.29) is 36.9 Å². The summed E-state index contributed by atoms with van der Waals surface area (Å²) in [7, 11) is 0. The van der Waals surface area contributed by atoms with E-state index in [1.165, 1.54) is 4.90 Å². The largest absolute Gasteiger partial charge is 0.486 e. The summed E-state index contributed by atoms with van der Waals surface area (Å²) in [4.78, 5) is 38.2. The van der Waals surface area contributed by atoms with E-state index in [1.807, 2.05) is 0 Å². The summed E-state index contributed by atoms with van der Waals surface area (Å²) in [5, 5.41) is 5.23. The smallest absolute Gasteiger partial charge is 0.254 e. The Kier molecular flexibility index (Phi) is 8.17. The van der Waals surface area contributed by atoms with Gasteiger partial charge in [-0.1, -0.05) is 0 Å². The Morgan fingerprint density at radius 2 is 1.79 bits per heavy atom. The van der Waals surface area contributed by atoms with Crippen molar-refractivity contribution in [2.45, 2.75) is 19.8 Å². The molecule has 0 bridgehead atoms. The van der Waals surface area contributed by atoms with Gasteiger partial charge in [-0.25, -0.2) is 8.78 Å². The molecule has 1 heterocycles. The first kappa shape index (κ1) is 24.0. The van der Waals surface area contributed by atoms with Gasteiger partial charge in [-0.05, 0) is 37.6 Å². The number of carbonyl (C=O) groups excluding carboxylic acids is 3. The molecule has 0 atom stereocenters. The van der Waals surface area contributed by atoms with Crippen molar-refractivity contribution in [1.29, 1.82) is 0 Å². The molecule has 1 aliphatic rings. The molecule has 10 heteroatoms. The first-order valence-corrected chi connectivity index (χ1v) is 10.6. The first-order chi connectivity index (χ1) is 15.9. The van der Waals surface area contributed by atoms with Crippen molar-refractivity contribution in [2.75, 3.05) is 38.2 Å². The Hall–Kier alpha value is -3.69. The lowest BCUT2D eigenvalue weighted by Crippen LogP contribution is -2.38. The molecule has 2 aromatic carbocycles. The van der Waals surface area contributed by atoms with Gasteiger partial charge in [-0.15, -0.1) is 0 Å². The number of carbonyl (C=O) groups is 3. The number of benzene rings is 2. The summed E-state index contributed by atoms with van der Waals surface area (Å²) in [6.07, 6.45) is 0.394. The molecule has 0 unspecified atom stereocenters. The molecule has 176 valence electrons. The fourth-order valence-corrected chi connectivity index (χ4v) is 3.24. The fourth-order valence-electron chi connectivity index (χ4n) is 3.24. The first-order valence-electron chi connectivity index (χ1n) is 10.6. The minimum absolute atomic E-state index is 0.0946. The third kappa shape index (κ3) is 6.64. The summed E-state index contributed by atoms with van der Waals surface area (Å²) in [5.74, 6) is -1.87. The molecule has 0 fully saturated rings. The van der Waals surface area contributed by atoms with Gasteiger partial charge < -0.3 is 25.0 Å². The zero-order valence-electron chi connectivity index (χ0n) is 18.2. The van der Waals surface area contributed by atoms with Crippen molar-refractivity contribution in [3.05, 3.63) is 53.6 Å². The highest BCUT2D eigenvalue weighted by Crippen LogP contribution is 2.32. The maximum atomic E-state index is 13.6. The van der Waals surface area contributed by atoms with Gasteiger partial charge in [0.05, 0.1) is 12.1 Å². The summed E-state index contributed by atoms with van der Waals surface area (Å²) >= 11 is 0. The fraction of sp³-hybridized carbons (Fsp3) is 0.348. The second-order valence-corrected chi connectivity index (χ2v) is 7.30. The number of hydrogen-bond acceptors (Lipinski definition) is 5. The van der Waals surface area contributed by atoms with Crippen LogP contribution in [-0.4, -0.2) is 55.5 Å². The Balaban J connectivity index is 1.43. The zero-order chi connectivity index (χ0) is 23.8. The minimum atomic E-state index is -0.954. The molecule has 8 nitrogen and oxygen atoms in total. The molecule has 3 rings (SSSR count). The lowest BCUT2D eigenvalue weighted by Gasteiger charge is -2.21. The van der Waals surface area contributed by atoms with Crippen molar-refractivity contribution >= 4 is 23.4 Å². The molecule has 33 heavy (non-hydrogen) atoms. The molecule has 0 saturated carbocycles. The minimum Gasteiger partial charge on any atom is -0.486 e. The molecular formula is C23H25F2N3O5. The average Bonchev–Trinajstić information content (AvgIpc) is 2.79. The molecule has 0 spiro atoms. The number of rotatable bonds is 9. The van der Waals surface area contributed by atoms with E-state index < -0.39 is 17.5 Å². The number of hydrogen-bond donors (Lipinski definition) is 2. The Morgan fingerprint density at radius 3 is 2.52 bits per heavy atom. The highest BCUT2D eigenvalue weighted by molar-refractivity contribution is 5.95. The summed E-state index contributed by atoms with van der Waals surface area (Å²) in [6, 6.07) is 7.75. The Bertz CT molecular complexity index is 1030. The second kappa shape index (κ2) is 11.3. The molecule has 1 aliphatic heterocycles. The molecule has 2 aromatic rings. The number of anilines is 1. The van der Waals surface area contributed by atoms with Crippen LogP contribution in [0.3, 0.4) is 0 Å². The van der Waals surface area contributed by atoms with Crippen LogP contribution in [-0.2, 0) is 9.59 Å². The Morgan fingerprint density at radius 1 is 1.03 bits per heavy atom. The van der Waals surface area contributed by atoms with Gasteiger partial charge in [0.15, 0.2) is 11.5 Å². The van der Waals surface area contributed by atoms with Gasteiger partial charge in [-0.3, -0.25) is 14.4 Å². The maximum Gasteiger partial charge on any atom is 0.254 e. The lowest BCUT2D eigenvalue weighted by molar-refractivity contribution is -0.134. The molecule has 2 N–H and O–H groups in total. The predicted octanol–water partition coefficient (Wildman–Crippen LogP) is 2.73. The zero-order valence-corrected chi connectivity index (χ0v) is 18.2. The Labute approximate surface area is 189 Å². The average molecular weight is 461 g/mol. The molecule has 3 amide bonds. The second-order valence-electron chi connectivity index (χ2n) is 7.30. The number of likely N-dealkylation sites (N-methyl/N-ethyl adjacent to an activating group) is 1. The van der Waals surface area contributed by atoms with Gasteiger partial charge in [0.25, 0.3) is 5.91 Å². The summed E-state index contributed by atoms with van der Waals surface area (Å²) in [5.41, 5.74) is 0.261. The van der Waals surface area contributed by atoms with E-state index >= 15 is 0 Å². The number of fused-ring (bicyclic) bond motifs is 1. The van der Waals surface area contributed by atoms with E-state index in [1.54, 1.807) is 25.1 Å². The highest BCUT2D eigenvalue weighted by Gasteiger charge is 2.18. The van der Waals surface area contributed by atoms with Crippen LogP contribution in [0.2, 0.25) is 0 Å². The van der Waals surface area contributed by atoms with E-state index in [0.29, 0.717) is 49.4 Å². The maximum absolute atomic E-state index is 13.6. The van der Waals surface area contributed by atoms with Gasteiger partial charge in [-0.2, -0.15) is 0 Å². The third-order valence-corrected chi connectivity index (χ3v) is 4.92. The van der Waals surface area contributed by atoms with Crippen LogP contribution in [0.5, 0.6) is 11.5 Å². The monoisotopic (exact) mass is 461 g/mol. The molecule has 0 saturated heterocycles. The quantitative estimate of drug-likeness (QED) is 0.560. The topological polar surface area (TPSA) is 97.0 Å². The van der Waals surface area contributed by atoms with Crippen molar-refractivity contribution in [3.8, 4) is 11.5 Å². The normalized spacial score (nSPS) is 12.1. The number of ether oxygens (including phenoxy) is 2. The van der Waals surface area contributed by atoms with E-state index in [9.17, 15) is 23.2 Å². The van der Waals surface area contributed by atoms with Crippen molar-refractivity contribution in [1.82, 2.24) is 10.2 Å². The van der Waals surface area contributed by atoms with Gasteiger partial charge in [0, 0.05) is 37.3 Å². The van der Waals surface area contributed by atoms with Gasteiger partial charge in [0.2, 0.25) is 11.8 Å². The standard InChI is InChI=1S/C23H25F2N3O5/c1-2-28(14-21(29)27-16-6-8-19-20(13-16)33-11-10-32-19)22(30)4-3-9-26-23(31)17-7-5-15(24)12-18(17)25/h5-8,12-13H,2-4,9-11,14H2,1H3,(H,26,31)(H,27,29). The van der Waals surface area contributed by atoms with Crippen LogP contribution >= 0.6 is 0 Å². The number of nitrogens with one attached hydrogen (secondary N) is 2. The van der Waals surface area contributed by atoms with E-state index in [0.717, 1.165) is 12.1 Å². The van der Waals surface area contributed by atoms with Crippen molar-refractivity contribution in [2.24, 2.45) is 0 Å². The summed E-state index contributed by atoms with van der Waals surface area (Å²) < 4.78 is 37.5. The van der Waals surface area contributed by atoms with Crippen LogP contribution in [0.25, 0.3) is 0 Å². The van der Waals surface area contributed by atoms with Crippen molar-refractivity contribution in [3.63, 3.8) is 0 Å². The molecule has 0 aliphatic carbocycles. The van der Waals surface area contributed by atoms with E-state index in [4.69, 9.17) is 9.47 Å². The molecule has 0 aromatic heterocycles. The number of nitrogens with zero attached hydrogens (tertiary/aromatic N) is 1.